The van der Waals surface area contributed by atoms with Crippen molar-refractivity contribution in [3.8, 4) is 11.6 Å². The summed E-state index contributed by atoms with van der Waals surface area (Å²) in [5, 5.41) is 21.7. The summed E-state index contributed by atoms with van der Waals surface area (Å²) in [7, 11) is 0. The molecule has 2 saturated carbocycles. The van der Waals surface area contributed by atoms with Gasteiger partial charge in [-0.1, -0.05) is 36.9 Å². The number of anilines is 2. The summed E-state index contributed by atoms with van der Waals surface area (Å²) in [6.45, 7) is 4.37. The van der Waals surface area contributed by atoms with E-state index in [1.54, 1.807) is 0 Å². The molecule has 1 atom stereocenters. The van der Waals surface area contributed by atoms with Crippen molar-refractivity contribution in [3.63, 3.8) is 0 Å². The average Bonchev–Trinajstić information content (AvgIpc) is 3.43. The van der Waals surface area contributed by atoms with E-state index in [0.717, 1.165) is 80.9 Å². The van der Waals surface area contributed by atoms with Gasteiger partial charge in [0.25, 0.3) is 0 Å². The van der Waals surface area contributed by atoms with Gasteiger partial charge in [-0.25, -0.2) is 4.68 Å². The molecule has 3 aromatic rings. The predicted octanol–water partition coefficient (Wildman–Crippen LogP) is 5.47. The summed E-state index contributed by atoms with van der Waals surface area (Å²) in [4.78, 5) is 23.8. The molecule has 4 heterocycles. The van der Waals surface area contributed by atoms with Gasteiger partial charge in [-0.05, 0) is 75.5 Å². The molecular formula is C32H40ClN7O3. The van der Waals surface area contributed by atoms with E-state index in [2.05, 4.69) is 26.7 Å². The Hall–Kier alpha value is -3.37. The molecule has 3 N–H and O–H groups in total. The lowest BCUT2D eigenvalue weighted by Gasteiger charge is -2.39. The monoisotopic (exact) mass is 605 g/mol. The largest absolute Gasteiger partial charge is 0.480 e. The van der Waals surface area contributed by atoms with Crippen LogP contribution in [0.3, 0.4) is 0 Å². The SMILES string of the molecule is Cc1ccn(-c2cc(Cl)ccc2C2(Oc3cc(N4CCC5(CC4)CNC(C(=O)O)C5)nc(NC4CCCCC4)n3)CC2)n1. The number of piperidine rings is 1. The minimum absolute atomic E-state index is 0.0308. The van der Waals surface area contributed by atoms with Gasteiger partial charge in [0.15, 0.2) is 0 Å². The van der Waals surface area contributed by atoms with Crippen molar-refractivity contribution in [1.29, 1.82) is 0 Å². The number of benzene rings is 1. The lowest BCUT2D eigenvalue weighted by Crippen LogP contribution is -2.41. The maximum atomic E-state index is 11.6. The van der Waals surface area contributed by atoms with Crippen molar-refractivity contribution in [2.75, 3.05) is 29.9 Å². The van der Waals surface area contributed by atoms with E-state index in [-0.39, 0.29) is 5.41 Å². The highest BCUT2D eigenvalue weighted by Gasteiger charge is 2.50. The summed E-state index contributed by atoms with van der Waals surface area (Å²) in [5.74, 6) is 1.28. The van der Waals surface area contributed by atoms with Gasteiger partial charge in [0.1, 0.15) is 17.5 Å². The number of carboxylic acids is 1. The first-order valence-electron chi connectivity index (χ1n) is 15.7. The van der Waals surface area contributed by atoms with Crippen LogP contribution in [0, 0.1) is 12.3 Å². The van der Waals surface area contributed by atoms with Crippen LogP contribution in [0.5, 0.6) is 5.88 Å². The Morgan fingerprint density at radius 1 is 1.09 bits per heavy atom. The topological polar surface area (TPSA) is 117 Å². The molecule has 11 heteroatoms. The number of aromatic nitrogens is 4. The van der Waals surface area contributed by atoms with E-state index < -0.39 is 17.6 Å². The fourth-order valence-corrected chi connectivity index (χ4v) is 7.34. The number of aliphatic carboxylic acids is 1. The van der Waals surface area contributed by atoms with Crippen molar-refractivity contribution < 1.29 is 14.6 Å². The number of hydrogen-bond acceptors (Lipinski definition) is 8. The van der Waals surface area contributed by atoms with E-state index in [1.165, 1.54) is 19.3 Å². The van der Waals surface area contributed by atoms with Crippen LogP contribution >= 0.6 is 11.6 Å². The normalized spacial score (nSPS) is 22.9. The number of ether oxygens (including phenoxy) is 1. The molecule has 43 heavy (non-hydrogen) atoms. The Bertz CT molecular complexity index is 1490. The highest BCUT2D eigenvalue weighted by Crippen LogP contribution is 2.51. The molecule has 2 aromatic heterocycles. The maximum absolute atomic E-state index is 11.6. The average molecular weight is 606 g/mol. The van der Waals surface area contributed by atoms with Crippen LogP contribution in [0.15, 0.2) is 36.5 Å². The molecule has 1 unspecified atom stereocenters. The van der Waals surface area contributed by atoms with Crippen LogP contribution in [-0.4, -0.2) is 62.5 Å². The Morgan fingerprint density at radius 2 is 1.88 bits per heavy atom. The van der Waals surface area contributed by atoms with Gasteiger partial charge in [-0.15, -0.1) is 0 Å². The first-order chi connectivity index (χ1) is 20.8. The zero-order valence-electron chi connectivity index (χ0n) is 24.7. The molecule has 2 aliphatic carbocycles. The number of hydrogen-bond donors (Lipinski definition) is 3. The van der Waals surface area contributed by atoms with Crippen LogP contribution in [0.4, 0.5) is 11.8 Å². The quantitative estimate of drug-likeness (QED) is 0.307. The molecule has 0 amide bonds. The van der Waals surface area contributed by atoms with Gasteiger partial charge in [-0.3, -0.25) is 4.79 Å². The summed E-state index contributed by atoms with van der Waals surface area (Å²) in [6, 6.07) is 9.79. The lowest BCUT2D eigenvalue weighted by molar-refractivity contribution is -0.139. The molecular weight excluding hydrogens is 566 g/mol. The third kappa shape index (κ3) is 5.91. The van der Waals surface area contributed by atoms with Crippen LogP contribution in [0.1, 0.15) is 75.5 Å². The summed E-state index contributed by atoms with van der Waals surface area (Å²) >= 11 is 6.44. The molecule has 7 rings (SSSR count). The van der Waals surface area contributed by atoms with Gasteiger partial charge < -0.3 is 25.4 Å². The number of nitrogens with zero attached hydrogens (tertiary/aromatic N) is 5. The first kappa shape index (κ1) is 28.4. The van der Waals surface area contributed by atoms with Gasteiger partial charge in [0.2, 0.25) is 11.8 Å². The molecule has 228 valence electrons. The zero-order chi connectivity index (χ0) is 29.6. The minimum atomic E-state index is -0.754. The highest BCUT2D eigenvalue weighted by molar-refractivity contribution is 6.30. The summed E-state index contributed by atoms with van der Waals surface area (Å²) < 4.78 is 8.70. The summed E-state index contributed by atoms with van der Waals surface area (Å²) in [6.07, 6.45) is 12.2. The van der Waals surface area contributed by atoms with Crippen molar-refractivity contribution in [2.24, 2.45) is 5.41 Å². The lowest BCUT2D eigenvalue weighted by atomic mass is 9.76. The number of carboxylic acid groups (broad SMARTS) is 1. The number of carbonyl (C=O) groups is 1. The standard InChI is InChI=1S/C32H40ClN7O3/c1-21-9-14-40(38-21)26-17-22(33)7-8-24(26)32(10-11-32)43-28-18-27(36-30(37-28)35-23-5-3-2-4-6-23)39-15-12-31(13-16-39)19-25(29(41)42)34-20-31/h7-9,14,17-18,23,25,34H,2-6,10-13,15-16,19-20H2,1H3,(H,41,42)(H,35,36,37). The number of rotatable bonds is 8. The third-order valence-electron chi connectivity index (χ3n) is 9.86. The zero-order valence-corrected chi connectivity index (χ0v) is 25.4. The Morgan fingerprint density at radius 3 is 2.56 bits per heavy atom. The van der Waals surface area contributed by atoms with Crippen molar-refractivity contribution in [2.45, 2.75) is 88.8 Å². The first-order valence-corrected chi connectivity index (χ1v) is 16.1. The molecule has 0 radical (unpaired) electrons. The van der Waals surface area contributed by atoms with Gasteiger partial charge in [0, 0.05) is 48.5 Å². The Kier molecular flexibility index (Phi) is 7.45. The van der Waals surface area contributed by atoms with Crippen LogP contribution in [0.25, 0.3) is 5.69 Å². The highest BCUT2D eigenvalue weighted by atomic mass is 35.5. The third-order valence-corrected chi connectivity index (χ3v) is 10.1. The van der Waals surface area contributed by atoms with Crippen molar-refractivity contribution >= 4 is 29.3 Å². The fraction of sp³-hybridized carbons (Fsp3) is 0.562. The van der Waals surface area contributed by atoms with E-state index >= 15 is 0 Å². The van der Waals surface area contributed by atoms with Crippen LogP contribution in [0.2, 0.25) is 5.02 Å². The molecule has 4 fully saturated rings. The second kappa shape index (κ2) is 11.3. The van der Waals surface area contributed by atoms with E-state index in [1.807, 2.05) is 42.1 Å². The molecule has 1 aromatic carbocycles. The second-order valence-corrected chi connectivity index (χ2v) is 13.4. The maximum Gasteiger partial charge on any atom is 0.320 e. The van der Waals surface area contributed by atoms with Gasteiger partial charge >= 0.3 is 5.97 Å². The molecule has 2 saturated heterocycles. The predicted molar refractivity (Wildman–Crippen MR) is 165 cm³/mol. The molecule has 4 aliphatic rings. The fourth-order valence-electron chi connectivity index (χ4n) is 7.17. The molecule has 0 bridgehead atoms. The summed E-state index contributed by atoms with van der Waals surface area (Å²) in [5.41, 5.74) is 2.41. The Labute approximate surface area is 257 Å². The number of halogens is 1. The second-order valence-electron chi connectivity index (χ2n) is 13.0. The van der Waals surface area contributed by atoms with Gasteiger partial charge in [0.05, 0.1) is 11.4 Å². The molecule has 1 spiro atoms. The van der Waals surface area contributed by atoms with Gasteiger partial charge in [-0.2, -0.15) is 15.1 Å². The van der Waals surface area contributed by atoms with E-state index in [0.29, 0.717) is 29.3 Å². The Balaban J connectivity index is 1.16. The molecule has 2 aliphatic heterocycles. The number of aryl methyl sites for hydroxylation is 1. The van der Waals surface area contributed by atoms with Crippen molar-refractivity contribution in [3.05, 3.63) is 52.8 Å². The molecule has 10 nitrogen and oxygen atoms in total. The van der Waals surface area contributed by atoms with E-state index in [9.17, 15) is 9.90 Å². The smallest absolute Gasteiger partial charge is 0.320 e. The minimum Gasteiger partial charge on any atom is -0.480 e. The van der Waals surface area contributed by atoms with Crippen LogP contribution < -0.4 is 20.3 Å². The van der Waals surface area contributed by atoms with Crippen LogP contribution in [-0.2, 0) is 10.4 Å². The van der Waals surface area contributed by atoms with Crippen molar-refractivity contribution in [1.82, 2.24) is 25.1 Å². The number of nitrogens with one attached hydrogen (secondary N) is 2. The van der Waals surface area contributed by atoms with E-state index in [4.69, 9.17) is 26.3 Å².